The Morgan fingerprint density at radius 1 is 1.43 bits per heavy atom. The maximum absolute atomic E-state index is 10.2. The lowest BCUT2D eigenvalue weighted by atomic mass is 10.4. The standard InChI is InChI=1S/C3H7NO2S/c4-3-1-7(5,6)2-3/h3H,1-2,4H2. The Balaban J connectivity index is 2.61. The molecule has 2 N–H and O–H groups in total. The van der Waals surface area contributed by atoms with Crippen LogP contribution < -0.4 is 5.73 Å². The molecule has 0 aliphatic carbocycles. The molecular weight excluding hydrogens is 114 g/mol. The van der Waals surface area contributed by atoms with Crippen LogP contribution in [0.1, 0.15) is 0 Å². The van der Waals surface area contributed by atoms with E-state index in [1.54, 1.807) is 0 Å². The predicted molar refractivity (Wildman–Crippen MR) is 26.6 cm³/mol. The van der Waals surface area contributed by atoms with Crippen molar-refractivity contribution >= 4 is 9.84 Å². The Morgan fingerprint density at radius 2 is 1.86 bits per heavy atom. The molecule has 0 spiro atoms. The Labute approximate surface area is 42.4 Å². The highest BCUT2D eigenvalue weighted by Crippen LogP contribution is 2.06. The molecule has 1 saturated heterocycles. The molecule has 1 fully saturated rings. The van der Waals surface area contributed by atoms with E-state index in [-0.39, 0.29) is 17.5 Å². The van der Waals surface area contributed by atoms with Gasteiger partial charge in [0.15, 0.2) is 9.84 Å². The largest absolute Gasteiger partial charge is 0.326 e. The van der Waals surface area contributed by atoms with Crippen molar-refractivity contribution in [2.75, 3.05) is 11.5 Å². The van der Waals surface area contributed by atoms with Crippen LogP contribution in [0.25, 0.3) is 0 Å². The van der Waals surface area contributed by atoms with Crippen LogP contribution in [0.4, 0.5) is 0 Å². The van der Waals surface area contributed by atoms with Gasteiger partial charge < -0.3 is 5.73 Å². The average molecular weight is 121 g/mol. The first-order valence-electron chi connectivity index (χ1n) is 2.06. The van der Waals surface area contributed by atoms with Crippen molar-refractivity contribution in [3.8, 4) is 0 Å². The van der Waals surface area contributed by atoms with E-state index in [9.17, 15) is 8.42 Å². The van der Waals surface area contributed by atoms with Crippen molar-refractivity contribution in [2.45, 2.75) is 6.04 Å². The SMILES string of the molecule is NC1CS(=O)(=O)C1. The van der Waals surface area contributed by atoms with Crippen molar-refractivity contribution < 1.29 is 8.42 Å². The van der Waals surface area contributed by atoms with Gasteiger partial charge in [0.2, 0.25) is 0 Å². The minimum Gasteiger partial charge on any atom is -0.326 e. The number of hydrogen-bond donors (Lipinski definition) is 1. The third-order valence-corrected chi connectivity index (χ3v) is 2.81. The van der Waals surface area contributed by atoms with Crippen molar-refractivity contribution in [1.82, 2.24) is 0 Å². The van der Waals surface area contributed by atoms with Crippen LogP contribution in [0.5, 0.6) is 0 Å². The summed E-state index contributed by atoms with van der Waals surface area (Å²) in [4.78, 5) is 0. The van der Waals surface area contributed by atoms with Gasteiger partial charge in [-0.25, -0.2) is 8.42 Å². The van der Waals surface area contributed by atoms with Gasteiger partial charge in [0, 0.05) is 6.04 Å². The Morgan fingerprint density at radius 3 is 1.86 bits per heavy atom. The molecule has 42 valence electrons. The maximum Gasteiger partial charge on any atom is 0.153 e. The predicted octanol–water partition coefficient (Wildman–Crippen LogP) is -1.26. The fraction of sp³-hybridized carbons (Fsp3) is 1.00. The highest BCUT2D eigenvalue weighted by Gasteiger charge is 2.29. The quantitative estimate of drug-likeness (QED) is 0.435. The topological polar surface area (TPSA) is 60.2 Å². The van der Waals surface area contributed by atoms with Gasteiger partial charge in [0.1, 0.15) is 0 Å². The Hall–Kier alpha value is -0.0900. The lowest BCUT2D eigenvalue weighted by Gasteiger charge is -2.20. The van der Waals surface area contributed by atoms with E-state index >= 15 is 0 Å². The zero-order valence-electron chi connectivity index (χ0n) is 3.79. The van der Waals surface area contributed by atoms with Crippen molar-refractivity contribution in [2.24, 2.45) is 5.73 Å². The van der Waals surface area contributed by atoms with Gasteiger partial charge in [-0.3, -0.25) is 0 Å². The molecule has 0 aromatic heterocycles. The molecule has 0 radical (unpaired) electrons. The van der Waals surface area contributed by atoms with E-state index in [1.165, 1.54) is 0 Å². The third-order valence-electron chi connectivity index (χ3n) is 0.936. The normalized spacial score (nSPS) is 29.3. The van der Waals surface area contributed by atoms with E-state index in [4.69, 9.17) is 5.73 Å². The summed E-state index contributed by atoms with van der Waals surface area (Å²) >= 11 is 0. The van der Waals surface area contributed by atoms with Gasteiger partial charge in [-0.15, -0.1) is 0 Å². The smallest absolute Gasteiger partial charge is 0.153 e. The fourth-order valence-electron chi connectivity index (χ4n) is 0.604. The van der Waals surface area contributed by atoms with Gasteiger partial charge in [0.25, 0.3) is 0 Å². The monoisotopic (exact) mass is 121 g/mol. The summed E-state index contributed by atoms with van der Waals surface area (Å²) in [6, 6.07) is -0.0787. The number of rotatable bonds is 0. The second-order valence-corrected chi connectivity index (χ2v) is 3.99. The molecule has 0 saturated carbocycles. The van der Waals surface area contributed by atoms with E-state index in [2.05, 4.69) is 0 Å². The maximum atomic E-state index is 10.2. The zero-order valence-corrected chi connectivity index (χ0v) is 4.61. The van der Waals surface area contributed by atoms with E-state index in [1.807, 2.05) is 0 Å². The van der Waals surface area contributed by atoms with Crippen LogP contribution in [0.2, 0.25) is 0 Å². The number of nitrogens with two attached hydrogens (primary N) is 1. The lowest BCUT2D eigenvalue weighted by molar-refractivity contribution is 0.564. The van der Waals surface area contributed by atoms with Crippen LogP contribution in [-0.4, -0.2) is 26.0 Å². The Kier molecular flexibility index (Phi) is 0.864. The first-order valence-corrected chi connectivity index (χ1v) is 3.88. The van der Waals surface area contributed by atoms with E-state index < -0.39 is 9.84 Å². The molecule has 3 nitrogen and oxygen atoms in total. The minimum absolute atomic E-state index is 0.0787. The van der Waals surface area contributed by atoms with Crippen LogP contribution in [0, 0.1) is 0 Å². The molecule has 0 bridgehead atoms. The van der Waals surface area contributed by atoms with Gasteiger partial charge in [-0.1, -0.05) is 0 Å². The van der Waals surface area contributed by atoms with Crippen molar-refractivity contribution in [3.05, 3.63) is 0 Å². The van der Waals surface area contributed by atoms with Crippen LogP contribution >= 0.6 is 0 Å². The van der Waals surface area contributed by atoms with Gasteiger partial charge in [0.05, 0.1) is 11.5 Å². The lowest BCUT2D eigenvalue weighted by Crippen LogP contribution is -2.47. The molecule has 1 aliphatic heterocycles. The third kappa shape index (κ3) is 0.920. The van der Waals surface area contributed by atoms with Gasteiger partial charge in [-0.05, 0) is 0 Å². The molecule has 1 rings (SSSR count). The van der Waals surface area contributed by atoms with Gasteiger partial charge in [-0.2, -0.15) is 0 Å². The van der Waals surface area contributed by atoms with Crippen molar-refractivity contribution in [3.63, 3.8) is 0 Å². The highest BCUT2D eigenvalue weighted by molar-refractivity contribution is 7.92. The second kappa shape index (κ2) is 1.20. The number of hydrogen-bond acceptors (Lipinski definition) is 3. The molecular formula is C3H7NO2S. The van der Waals surface area contributed by atoms with Crippen LogP contribution in [0.15, 0.2) is 0 Å². The first kappa shape index (κ1) is 5.05. The molecule has 1 aliphatic rings. The number of sulfone groups is 1. The average Bonchev–Trinajstić information content (AvgIpc) is 1.27. The molecule has 1 heterocycles. The summed E-state index contributed by atoms with van der Waals surface area (Å²) in [6.45, 7) is 0. The highest BCUT2D eigenvalue weighted by atomic mass is 32.2. The van der Waals surface area contributed by atoms with E-state index in [0.29, 0.717) is 0 Å². The fourth-order valence-corrected chi connectivity index (χ4v) is 1.81. The van der Waals surface area contributed by atoms with Crippen molar-refractivity contribution in [1.29, 1.82) is 0 Å². The molecule has 0 atom stereocenters. The van der Waals surface area contributed by atoms with Gasteiger partial charge >= 0.3 is 0 Å². The zero-order chi connectivity index (χ0) is 5.49. The summed E-state index contributed by atoms with van der Waals surface area (Å²) in [6.07, 6.45) is 0. The summed E-state index contributed by atoms with van der Waals surface area (Å²) in [7, 11) is -2.66. The minimum atomic E-state index is -2.66. The Bertz CT molecular complexity index is 148. The van der Waals surface area contributed by atoms with Crippen LogP contribution in [-0.2, 0) is 9.84 Å². The molecule has 0 aromatic rings. The summed E-state index contributed by atoms with van der Waals surface area (Å²) in [5, 5.41) is 0. The molecule has 0 unspecified atom stereocenters. The van der Waals surface area contributed by atoms with Crippen LogP contribution in [0.3, 0.4) is 0 Å². The van der Waals surface area contributed by atoms with E-state index in [0.717, 1.165) is 0 Å². The molecule has 4 heteroatoms. The summed E-state index contributed by atoms with van der Waals surface area (Å²) < 4.78 is 20.4. The summed E-state index contributed by atoms with van der Waals surface area (Å²) in [5.74, 6) is 0.375. The summed E-state index contributed by atoms with van der Waals surface area (Å²) in [5.41, 5.74) is 5.17. The molecule has 0 aromatic carbocycles. The molecule has 0 amide bonds. The molecule has 7 heavy (non-hydrogen) atoms. The second-order valence-electron chi connectivity index (χ2n) is 1.84. The first-order chi connectivity index (χ1) is 3.10.